The average Bonchev–Trinajstić information content (AvgIpc) is 2.45. The number of carboxylic acids is 1. The van der Waals surface area contributed by atoms with Crippen molar-refractivity contribution in [2.45, 2.75) is 0 Å². The molecular formula is C8H4BrNO4. The fourth-order valence-corrected chi connectivity index (χ4v) is 1.68. The number of hydrogen-bond donors (Lipinski definition) is 2. The predicted octanol–water partition coefficient (Wildman–Crippen LogP) is 1.58. The van der Waals surface area contributed by atoms with Crippen LogP contribution in [0, 0.1) is 0 Å². The van der Waals surface area contributed by atoms with Gasteiger partial charge >= 0.3 is 11.7 Å². The van der Waals surface area contributed by atoms with Gasteiger partial charge in [0.15, 0.2) is 5.58 Å². The molecule has 14 heavy (non-hydrogen) atoms. The molecule has 0 saturated carbocycles. The third-order valence-corrected chi connectivity index (χ3v) is 2.36. The molecule has 0 radical (unpaired) electrons. The second-order valence-electron chi connectivity index (χ2n) is 2.65. The van der Waals surface area contributed by atoms with Gasteiger partial charge < -0.3 is 9.52 Å². The van der Waals surface area contributed by atoms with Crippen molar-refractivity contribution in [1.82, 2.24) is 4.98 Å². The zero-order valence-corrected chi connectivity index (χ0v) is 8.29. The summed E-state index contributed by atoms with van der Waals surface area (Å²) < 4.78 is 5.22. The quantitative estimate of drug-likeness (QED) is 0.813. The van der Waals surface area contributed by atoms with E-state index in [0.29, 0.717) is 9.99 Å². The maximum Gasteiger partial charge on any atom is 0.417 e. The van der Waals surface area contributed by atoms with Crippen molar-refractivity contribution in [3.05, 3.63) is 32.7 Å². The number of fused-ring (bicyclic) bond motifs is 1. The zero-order valence-electron chi connectivity index (χ0n) is 6.70. The molecule has 2 N–H and O–H groups in total. The van der Waals surface area contributed by atoms with Crippen molar-refractivity contribution in [1.29, 1.82) is 0 Å². The van der Waals surface area contributed by atoms with Gasteiger partial charge in [-0.05, 0) is 28.1 Å². The smallest absolute Gasteiger partial charge is 0.417 e. The summed E-state index contributed by atoms with van der Waals surface area (Å²) in [4.78, 5) is 23.9. The molecule has 0 unspecified atom stereocenters. The molecule has 5 nitrogen and oxygen atoms in total. The van der Waals surface area contributed by atoms with Gasteiger partial charge in [0.1, 0.15) is 5.52 Å². The molecule has 0 spiro atoms. The first kappa shape index (κ1) is 9.01. The minimum atomic E-state index is -1.07. The van der Waals surface area contributed by atoms with E-state index >= 15 is 0 Å². The minimum Gasteiger partial charge on any atom is -0.478 e. The second kappa shape index (κ2) is 2.98. The Morgan fingerprint density at radius 1 is 1.50 bits per heavy atom. The van der Waals surface area contributed by atoms with Crippen molar-refractivity contribution in [3.63, 3.8) is 0 Å². The molecule has 6 heteroatoms. The summed E-state index contributed by atoms with van der Waals surface area (Å²) >= 11 is 3.14. The number of carbonyl (C=O) groups is 1. The lowest BCUT2D eigenvalue weighted by Crippen LogP contribution is -1.95. The van der Waals surface area contributed by atoms with E-state index in [2.05, 4.69) is 20.9 Å². The Hall–Kier alpha value is -1.56. The van der Waals surface area contributed by atoms with Crippen LogP contribution in [-0.4, -0.2) is 16.1 Å². The molecule has 0 amide bonds. The maximum absolute atomic E-state index is 10.8. The fourth-order valence-electron chi connectivity index (χ4n) is 1.13. The van der Waals surface area contributed by atoms with Gasteiger partial charge in [-0.1, -0.05) is 0 Å². The Kier molecular flexibility index (Phi) is 1.92. The summed E-state index contributed by atoms with van der Waals surface area (Å²) in [5, 5.41) is 8.72. The van der Waals surface area contributed by atoms with Crippen molar-refractivity contribution in [3.8, 4) is 0 Å². The number of oxazole rings is 1. The lowest BCUT2D eigenvalue weighted by molar-refractivity contribution is 0.0697. The van der Waals surface area contributed by atoms with Crippen molar-refractivity contribution < 1.29 is 14.3 Å². The van der Waals surface area contributed by atoms with E-state index in [9.17, 15) is 9.59 Å². The SMILES string of the molecule is O=C(O)c1cc(Br)c2[nH]c(=O)oc2c1. The molecule has 72 valence electrons. The number of nitrogens with one attached hydrogen (secondary N) is 1. The third-order valence-electron chi connectivity index (χ3n) is 1.73. The monoisotopic (exact) mass is 257 g/mol. The van der Waals surface area contributed by atoms with E-state index in [-0.39, 0.29) is 11.1 Å². The first-order valence-electron chi connectivity index (χ1n) is 3.63. The molecule has 2 aromatic rings. The van der Waals surface area contributed by atoms with Crippen LogP contribution in [0.5, 0.6) is 0 Å². The Bertz CT molecular complexity index is 568. The van der Waals surface area contributed by atoms with E-state index in [1.54, 1.807) is 0 Å². The average molecular weight is 258 g/mol. The molecule has 0 atom stereocenters. The van der Waals surface area contributed by atoms with Crippen LogP contribution in [0.15, 0.2) is 25.8 Å². The van der Waals surface area contributed by atoms with Crippen LogP contribution in [-0.2, 0) is 0 Å². The number of aromatic amines is 1. The number of carboxylic acid groups (broad SMARTS) is 1. The standard InChI is InChI=1S/C8H4BrNO4/c9-4-1-3(7(11)12)2-5-6(4)10-8(13)14-5/h1-2H,(H,10,13)(H,11,12). The van der Waals surface area contributed by atoms with Gasteiger partial charge in [0.2, 0.25) is 0 Å². The van der Waals surface area contributed by atoms with Crippen LogP contribution >= 0.6 is 15.9 Å². The molecular weight excluding hydrogens is 254 g/mol. The van der Waals surface area contributed by atoms with E-state index in [1.165, 1.54) is 12.1 Å². The molecule has 2 rings (SSSR count). The number of benzene rings is 1. The summed E-state index contributed by atoms with van der Waals surface area (Å²) in [7, 11) is 0. The van der Waals surface area contributed by atoms with Gasteiger partial charge in [0, 0.05) is 4.47 Å². The first-order chi connectivity index (χ1) is 6.58. The summed E-state index contributed by atoms with van der Waals surface area (Å²) in [5.41, 5.74) is 0.744. The Morgan fingerprint density at radius 2 is 2.21 bits per heavy atom. The molecule has 0 fully saturated rings. The van der Waals surface area contributed by atoms with E-state index < -0.39 is 11.7 Å². The molecule has 0 aliphatic carbocycles. The largest absolute Gasteiger partial charge is 0.478 e. The second-order valence-corrected chi connectivity index (χ2v) is 3.51. The number of halogens is 1. The first-order valence-corrected chi connectivity index (χ1v) is 4.43. The highest BCUT2D eigenvalue weighted by Gasteiger charge is 2.10. The summed E-state index contributed by atoms with van der Waals surface area (Å²) in [5.74, 6) is -1.68. The Labute approximate surface area is 85.5 Å². The summed E-state index contributed by atoms with van der Waals surface area (Å²) in [6.07, 6.45) is 0. The predicted molar refractivity (Wildman–Crippen MR) is 51.5 cm³/mol. The number of aromatic nitrogens is 1. The van der Waals surface area contributed by atoms with Crippen molar-refractivity contribution >= 4 is 33.0 Å². The highest BCUT2D eigenvalue weighted by Crippen LogP contribution is 2.23. The fraction of sp³-hybridized carbons (Fsp3) is 0. The van der Waals surface area contributed by atoms with Crippen LogP contribution in [0.25, 0.3) is 11.1 Å². The lowest BCUT2D eigenvalue weighted by atomic mass is 10.2. The topological polar surface area (TPSA) is 83.3 Å². The van der Waals surface area contributed by atoms with Crippen LogP contribution < -0.4 is 5.76 Å². The molecule has 1 aromatic heterocycles. The van der Waals surface area contributed by atoms with Gasteiger partial charge in [-0.2, -0.15) is 0 Å². The molecule has 1 heterocycles. The zero-order chi connectivity index (χ0) is 10.3. The Balaban J connectivity index is 2.84. The highest BCUT2D eigenvalue weighted by molar-refractivity contribution is 9.10. The lowest BCUT2D eigenvalue weighted by Gasteiger charge is -1.95. The van der Waals surface area contributed by atoms with Crippen molar-refractivity contribution in [2.24, 2.45) is 0 Å². The van der Waals surface area contributed by atoms with Crippen LogP contribution in [0.1, 0.15) is 10.4 Å². The van der Waals surface area contributed by atoms with Crippen LogP contribution in [0.2, 0.25) is 0 Å². The van der Waals surface area contributed by atoms with Gasteiger partial charge in [-0.3, -0.25) is 4.98 Å². The number of rotatable bonds is 1. The Morgan fingerprint density at radius 3 is 2.86 bits per heavy atom. The number of hydrogen-bond acceptors (Lipinski definition) is 3. The van der Waals surface area contributed by atoms with Crippen molar-refractivity contribution in [2.75, 3.05) is 0 Å². The maximum atomic E-state index is 10.8. The van der Waals surface area contributed by atoms with Crippen LogP contribution in [0.4, 0.5) is 0 Å². The highest BCUT2D eigenvalue weighted by atomic mass is 79.9. The van der Waals surface area contributed by atoms with Gasteiger partial charge in [0.05, 0.1) is 5.56 Å². The normalized spacial score (nSPS) is 10.6. The van der Waals surface area contributed by atoms with E-state index in [1.807, 2.05) is 0 Å². The van der Waals surface area contributed by atoms with Gasteiger partial charge in [-0.25, -0.2) is 9.59 Å². The van der Waals surface area contributed by atoms with E-state index in [4.69, 9.17) is 9.52 Å². The van der Waals surface area contributed by atoms with Gasteiger partial charge in [0.25, 0.3) is 0 Å². The third kappa shape index (κ3) is 1.33. The molecule has 0 saturated heterocycles. The minimum absolute atomic E-state index is 0.0622. The number of H-pyrrole nitrogens is 1. The summed E-state index contributed by atoms with van der Waals surface area (Å²) in [6, 6.07) is 2.69. The summed E-state index contributed by atoms with van der Waals surface area (Å²) in [6.45, 7) is 0. The van der Waals surface area contributed by atoms with E-state index in [0.717, 1.165) is 0 Å². The molecule has 0 aliphatic rings. The molecule has 1 aromatic carbocycles. The molecule has 0 bridgehead atoms. The molecule has 0 aliphatic heterocycles. The van der Waals surface area contributed by atoms with Crippen LogP contribution in [0.3, 0.4) is 0 Å². The number of aromatic carboxylic acids is 1. The van der Waals surface area contributed by atoms with Gasteiger partial charge in [-0.15, -0.1) is 0 Å².